The summed E-state index contributed by atoms with van der Waals surface area (Å²) in [5.74, 6) is -1.50. The van der Waals surface area contributed by atoms with Crippen LogP contribution >= 0.6 is 11.8 Å². The van der Waals surface area contributed by atoms with Crippen LogP contribution in [0.25, 0.3) is 0 Å². The minimum atomic E-state index is -0.825. The highest BCUT2D eigenvalue weighted by atomic mass is 32.2. The topological polar surface area (TPSA) is 81.2 Å². The normalized spacial score (nSPS) is 37.3. The van der Waals surface area contributed by atoms with Crippen LogP contribution in [0.4, 0.5) is 0 Å². The maximum atomic E-state index is 13.9. The van der Waals surface area contributed by atoms with Crippen molar-refractivity contribution in [1.29, 1.82) is 0 Å². The second-order valence-corrected chi connectivity index (χ2v) is 11.6. The fraction of sp³-hybridized carbons (Fsp3) is 0.708. The van der Waals surface area contributed by atoms with Gasteiger partial charge in [-0.15, -0.1) is 11.8 Å². The molecule has 0 radical (unpaired) electrons. The predicted octanol–water partition coefficient (Wildman–Crippen LogP) is 1.67. The van der Waals surface area contributed by atoms with E-state index in [9.17, 15) is 19.5 Å². The molecule has 2 fully saturated rings. The number of likely N-dealkylation sites (N-methyl/N-ethyl adjacent to an activating group) is 1. The Hall–Kier alpha value is -1.80. The molecular weight excluding hydrogens is 426 g/mol. The Kier molecular flexibility index (Phi) is 6.22. The molecule has 4 aliphatic heterocycles. The van der Waals surface area contributed by atoms with Crippen LogP contribution in [-0.4, -0.2) is 92.4 Å². The minimum Gasteiger partial charge on any atom is -0.394 e. The molecular formula is C24H35N3O4S. The zero-order valence-corrected chi connectivity index (χ0v) is 20.3. The van der Waals surface area contributed by atoms with Crippen molar-refractivity contribution in [2.45, 2.75) is 61.6 Å². The maximum absolute atomic E-state index is 13.9. The average Bonchev–Trinajstić information content (AvgIpc) is 3.05. The molecule has 4 aliphatic rings. The van der Waals surface area contributed by atoms with Crippen molar-refractivity contribution in [3.63, 3.8) is 0 Å². The van der Waals surface area contributed by atoms with Gasteiger partial charge in [-0.1, -0.05) is 44.1 Å². The second-order valence-electron chi connectivity index (χ2n) is 9.79. The summed E-state index contributed by atoms with van der Waals surface area (Å²) in [5.41, 5.74) is 0. The first-order chi connectivity index (χ1) is 15.2. The first-order valence-corrected chi connectivity index (χ1v) is 12.6. The van der Waals surface area contributed by atoms with E-state index < -0.39 is 33.4 Å². The van der Waals surface area contributed by atoms with Gasteiger partial charge < -0.3 is 19.8 Å². The molecule has 0 saturated carbocycles. The van der Waals surface area contributed by atoms with Gasteiger partial charge in [0.1, 0.15) is 6.04 Å². The molecule has 0 aromatic carbocycles. The lowest BCUT2D eigenvalue weighted by atomic mass is 9.74. The van der Waals surface area contributed by atoms with Gasteiger partial charge in [0.2, 0.25) is 17.7 Å². The second kappa shape index (κ2) is 8.52. The van der Waals surface area contributed by atoms with Gasteiger partial charge in [0.25, 0.3) is 0 Å². The molecule has 0 aromatic heterocycles. The molecule has 7 nitrogen and oxygen atoms in total. The third-order valence-electron chi connectivity index (χ3n) is 7.55. The molecule has 0 aliphatic carbocycles. The predicted molar refractivity (Wildman–Crippen MR) is 125 cm³/mol. The first-order valence-electron chi connectivity index (χ1n) is 11.7. The van der Waals surface area contributed by atoms with E-state index in [1.54, 1.807) is 35.5 Å². The van der Waals surface area contributed by atoms with Crippen molar-refractivity contribution >= 4 is 29.5 Å². The van der Waals surface area contributed by atoms with E-state index in [0.29, 0.717) is 19.6 Å². The lowest BCUT2D eigenvalue weighted by molar-refractivity contribution is -0.146. The van der Waals surface area contributed by atoms with Crippen molar-refractivity contribution in [1.82, 2.24) is 14.7 Å². The molecule has 8 heteroatoms. The summed E-state index contributed by atoms with van der Waals surface area (Å²) in [5, 5.41) is 9.95. The molecule has 32 heavy (non-hydrogen) atoms. The Bertz CT molecular complexity index is 860. The van der Waals surface area contributed by atoms with E-state index >= 15 is 0 Å². The number of carbonyl (C=O) groups is 3. The molecule has 4 rings (SSSR count). The van der Waals surface area contributed by atoms with Gasteiger partial charge in [-0.3, -0.25) is 14.4 Å². The van der Waals surface area contributed by atoms with Crippen LogP contribution in [0.2, 0.25) is 0 Å². The lowest BCUT2D eigenvalue weighted by Gasteiger charge is -2.38. The summed E-state index contributed by atoms with van der Waals surface area (Å²) in [4.78, 5) is 46.5. The van der Waals surface area contributed by atoms with Crippen LogP contribution < -0.4 is 0 Å². The summed E-state index contributed by atoms with van der Waals surface area (Å²) < 4.78 is -1.40. The highest BCUT2D eigenvalue weighted by Gasteiger charge is 2.74. The van der Waals surface area contributed by atoms with E-state index in [1.807, 2.05) is 30.1 Å². The zero-order valence-electron chi connectivity index (χ0n) is 19.5. The number of amides is 3. The van der Waals surface area contributed by atoms with E-state index in [4.69, 9.17) is 0 Å². The largest absolute Gasteiger partial charge is 0.394 e. The van der Waals surface area contributed by atoms with E-state index in [1.165, 1.54) is 0 Å². The number of hydrogen-bond acceptors (Lipinski definition) is 5. The highest BCUT2D eigenvalue weighted by molar-refractivity contribution is 8.02. The number of nitrogens with zero attached hydrogens (tertiary/aromatic N) is 3. The first kappa shape index (κ1) is 23.4. The number of carbonyl (C=O) groups excluding carboxylic acids is 3. The van der Waals surface area contributed by atoms with Crippen LogP contribution in [0.1, 0.15) is 40.0 Å². The number of rotatable bonds is 6. The average molecular weight is 462 g/mol. The van der Waals surface area contributed by atoms with E-state index in [2.05, 4.69) is 13.0 Å². The maximum Gasteiger partial charge on any atom is 0.247 e. The van der Waals surface area contributed by atoms with Crippen molar-refractivity contribution in [2.24, 2.45) is 11.8 Å². The third kappa shape index (κ3) is 3.33. The summed E-state index contributed by atoms with van der Waals surface area (Å²) >= 11 is 1.59. The van der Waals surface area contributed by atoms with Gasteiger partial charge in [-0.2, -0.15) is 0 Å². The molecule has 2 saturated heterocycles. The molecule has 3 amide bonds. The Morgan fingerprint density at radius 2 is 1.81 bits per heavy atom. The fourth-order valence-electron chi connectivity index (χ4n) is 5.95. The molecule has 4 heterocycles. The Labute approximate surface area is 194 Å². The van der Waals surface area contributed by atoms with Crippen LogP contribution in [0.3, 0.4) is 0 Å². The van der Waals surface area contributed by atoms with Crippen molar-refractivity contribution in [2.75, 3.05) is 33.3 Å². The SMILES string of the molecule is CCCCCN1CC=C[C@]23S[C@]4(C)C=CCN(C)C(=O)[C@@H]4[C@H]2C(=O)N([C@H](C)CO)C3C1=O. The van der Waals surface area contributed by atoms with Gasteiger partial charge in [0, 0.05) is 31.4 Å². The van der Waals surface area contributed by atoms with Gasteiger partial charge in [0.15, 0.2) is 0 Å². The quantitative estimate of drug-likeness (QED) is 0.481. The van der Waals surface area contributed by atoms with Crippen LogP contribution in [0, 0.1) is 11.8 Å². The lowest BCUT2D eigenvalue weighted by Crippen LogP contribution is -2.56. The van der Waals surface area contributed by atoms with E-state index in [0.717, 1.165) is 19.3 Å². The van der Waals surface area contributed by atoms with Gasteiger partial charge in [-0.25, -0.2) is 0 Å². The summed E-state index contributed by atoms with van der Waals surface area (Å²) in [7, 11) is 1.77. The summed E-state index contributed by atoms with van der Waals surface area (Å²) in [6.07, 6.45) is 11.1. The molecule has 1 spiro atoms. The molecule has 6 atom stereocenters. The number of aliphatic hydroxyl groups is 1. The molecule has 176 valence electrons. The number of fused-ring (bicyclic) bond motifs is 2. The van der Waals surface area contributed by atoms with Crippen molar-refractivity contribution in [3.05, 3.63) is 24.3 Å². The Balaban J connectivity index is 1.82. The van der Waals surface area contributed by atoms with Gasteiger partial charge in [0.05, 0.1) is 29.2 Å². The standard InChI is InChI=1S/C24H35N3O4S/c1-5-6-7-13-26-14-9-11-24-18(21(30)27(16(2)15-28)19(24)22(26)31)17-20(29)25(4)12-8-10-23(17,3)32-24/h8-11,16-19,28H,5-7,12-15H2,1-4H3/t16-,17+,18+,19?,23-,24+/m1/s1. The highest BCUT2D eigenvalue weighted by Crippen LogP contribution is 2.65. The van der Waals surface area contributed by atoms with Crippen molar-refractivity contribution < 1.29 is 19.5 Å². The van der Waals surface area contributed by atoms with Crippen molar-refractivity contribution in [3.8, 4) is 0 Å². The third-order valence-corrected chi connectivity index (χ3v) is 9.35. The number of hydrogen-bond donors (Lipinski definition) is 1. The van der Waals surface area contributed by atoms with Crippen LogP contribution in [0.15, 0.2) is 24.3 Å². The molecule has 1 unspecified atom stereocenters. The Morgan fingerprint density at radius 3 is 2.50 bits per heavy atom. The summed E-state index contributed by atoms with van der Waals surface area (Å²) in [6, 6.07) is -1.22. The minimum absolute atomic E-state index is 0.0534. The molecule has 0 aromatic rings. The summed E-state index contributed by atoms with van der Waals surface area (Å²) in [6.45, 7) is 7.38. The van der Waals surface area contributed by atoms with E-state index in [-0.39, 0.29) is 24.3 Å². The number of aliphatic hydroxyl groups excluding tert-OH is 1. The fourth-order valence-corrected chi connectivity index (χ4v) is 8.09. The number of likely N-dealkylation sites (tertiary alicyclic amines) is 1. The molecule has 0 bridgehead atoms. The van der Waals surface area contributed by atoms with Gasteiger partial charge in [-0.05, 0) is 20.3 Å². The number of thioether (sulfide) groups is 1. The van der Waals surface area contributed by atoms with Crippen LogP contribution in [-0.2, 0) is 14.4 Å². The van der Waals surface area contributed by atoms with Gasteiger partial charge >= 0.3 is 0 Å². The number of unbranched alkanes of at least 4 members (excludes halogenated alkanes) is 2. The van der Waals surface area contributed by atoms with Crippen LogP contribution in [0.5, 0.6) is 0 Å². The Morgan fingerprint density at radius 1 is 1.09 bits per heavy atom. The zero-order chi connectivity index (χ0) is 23.3. The smallest absolute Gasteiger partial charge is 0.247 e. The monoisotopic (exact) mass is 461 g/mol. The molecule has 1 N–H and O–H groups in total.